The van der Waals surface area contributed by atoms with E-state index in [1.807, 2.05) is 0 Å². The standard InChI is InChI=1S/C7H3F2NS2/c8-3-1-2-4-6(5(3)9)12-7(11)10-4/h1-2H,(H,10,11). The molecule has 0 radical (unpaired) electrons. The quantitative estimate of drug-likeness (QED) is 0.650. The minimum absolute atomic E-state index is 0.250. The Morgan fingerprint density at radius 3 is 2.83 bits per heavy atom. The number of halogens is 2. The summed E-state index contributed by atoms with van der Waals surface area (Å²) in [5, 5.41) is 0. The zero-order valence-corrected chi connectivity index (χ0v) is 7.36. The van der Waals surface area contributed by atoms with Crippen LogP contribution >= 0.6 is 23.6 Å². The number of nitrogens with one attached hydrogen (secondary N) is 1. The molecule has 0 fully saturated rings. The first kappa shape index (κ1) is 7.82. The van der Waals surface area contributed by atoms with Crippen molar-refractivity contribution >= 4 is 33.8 Å². The second kappa shape index (κ2) is 2.60. The Kier molecular flexibility index (Phi) is 1.69. The van der Waals surface area contributed by atoms with Crippen LogP contribution in [0.3, 0.4) is 0 Å². The monoisotopic (exact) mass is 203 g/mol. The molecule has 2 aromatic rings. The van der Waals surface area contributed by atoms with Crippen molar-refractivity contribution in [3.8, 4) is 0 Å². The molecular formula is C7H3F2NS2. The van der Waals surface area contributed by atoms with Gasteiger partial charge in [0, 0.05) is 0 Å². The van der Waals surface area contributed by atoms with Gasteiger partial charge >= 0.3 is 0 Å². The van der Waals surface area contributed by atoms with E-state index in [1.54, 1.807) is 0 Å². The van der Waals surface area contributed by atoms with Gasteiger partial charge in [-0.2, -0.15) is 0 Å². The summed E-state index contributed by atoms with van der Waals surface area (Å²) in [6, 6.07) is 2.55. The van der Waals surface area contributed by atoms with E-state index in [0.717, 1.165) is 17.4 Å². The molecule has 2 rings (SSSR count). The normalized spacial score (nSPS) is 10.8. The highest BCUT2D eigenvalue weighted by Gasteiger charge is 2.08. The number of H-pyrrole nitrogens is 1. The summed E-state index contributed by atoms with van der Waals surface area (Å²) >= 11 is 5.83. The van der Waals surface area contributed by atoms with Gasteiger partial charge in [0.05, 0.1) is 10.2 Å². The van der Waals surface area contributed by atoms with Gasteiger partial charge in [0.15, 0.2) is 15.6 Å². The summed E-state index contributed by atoms with van der Waals surface area (Å²) in [5.41, 5.74) is 0.545. The number of thiazole rings is 1. The highest BCUT2D eigenvalue weighted by atomic mass is 32.1. The number of aromatic amines is 1. The number of benzene rings is 1. The number of fused-ring (bicyclic) bond motifs is 1. The molecule has 0 bridgehead atoms. The molecule has 0 aliphatic heterocycles. The summed E-state index contributed by atoms with van der Waals surface area (Å²) in [5.74, 6) is -1.67. The van der Waals surface area contributed by atoms with Crippen molar-refractivity contribution < 1.29 is 8.78 Å². The van der Waals surface area contributed by atoms with E-state index < -0.39 is 11.6 Å². The van der Waals surface area contributed by atoms with Crippen molar-refractivity contribution in [2.24, 2.45) is 0 Å². The Labute approximate surface area is 75.7 Å². The summed E-state index contributed by atoms with van der Waals surface area (Å²) < 4.78 is 26.3. The summed E-state index contributed by atoms with van der Waals surface area (Å²) in [7, 11) is 0. The van der Waals surface area contributed by atoms with Gasteiger partial charge in [-0.15, -0.1) is 11.3 Å². The van der Waals surface area contributed by atoms with Crippen LogP contribution in [0.25, 0.3) is 10.2 Å². The first-order valence-corrected chi connectivity index (χ1v) is 4.38. The second-order valence-corrected chi connectivity index (χ2v) is 3.94. The minimum atomic E-state index is -0.840. The van der Waals surface area contributed by atoms with E-state index in [1.165, 1.54) is 6.07 Å². The molecule has 5 heteroatoms. The molecule has 1 nitrogen and oxygen atoms in total. The van der Waals surface area contributed by atoms with Crippen molar-refractivity contribution in [3.63, 3.8) is 0 Å². The molecule has 12 heavy (non-hydrogen) atoms. The average Bonchev–Trinajstić information content (AvgIpc) is 2.39. The third-order valence-corrected chi connectivity index (χ3v) is 2.72. The first-order chi connectivity index (χ1) is 5.68. The van der Waals surface area contributed by atoms with Crippen molar-refractivity contribution in [1.29, 1.82) is 0 Å². The first-order valence-electron chi connectivity index (χ1n) is 3.15. The van der Waals surface area contributed by atoms with Gasteiger partial charge in [-0.1, -0.05) is 0 Å². The fraction of sp³-hybridized carbons (Fsp3) is 0. The molecule has 0 aliphatic rings. The molecule has 0 amide bonds. The minimum Gasteiger partial charge on any atom is -0.337 e. The molecule has 0 saturated heterocycles. The van der Waals surface area contributed by atoms with Crippen molar-refractivity contribution in [3.05, 3.63) is 27.7 Å². The van der Waals surface area contributed by atoms with Gasteiger partial charge in [0.1, 0.15) is 0 Å². The smallest absolute Gasteiger partial charge is 0.178 e. The highest BCUT2D eigenvalue weighted by Crippen LogP contribution is 2.24. The van der Waals surface area contributed by atoms with Crippen molar-refractivity contribution in [2.75, 3.05) is 0 Å². The highest BCUT2D eigenvalue weighted by molar-refractivity contribution is 7.73. The van der Waals surface area contributed by atoms with Crippen LogP contribution in [0.5, 0.6) is 0 Å². The summed E-state index contributed by atoms with van der Waals surface area (Å²) in [4.78, 5) is 2.75. The van der Waals surface area contributed by atoms with Crippen LogP contribution in [0, 0.1) is 15.6 Å². The maximum atomic E-state index is 13.0. The fourth-order valence-electron chi connectivity index (χ4n) is 0.958. The van der Waals surface area contributed by atoms with Crippen LogP contribution in [0.15, 0.2) is 12.1 Å². The Morgan fingerprint density at radius 2 is 2.08 bits per heavy atom. The van der Waals surface area contributed by atoms with Gasteiger partial charge in [-0.05, 0) is 24.4 Å². The molecular weight excluding hydrogens is 200 g/mol. The third kappa shape index (κ3) is 1.05. The zero-order valence-electron chi connectivity index (χ0n) is 5.73. The van der Waals surface area contributed by atoms with Gasteiger partial charge < -0.3 is 4.98 Å². The van der Waals surface area contributed by atoms with Crippen molar-refractivity contribution in [1.82, 2.24) is 4.98 Å². The van der Waals surface area contributed by atoms with Crippen LogP contribution in [0.4, 0.5) is 8.78 Å². The Hall–Kier alpha value is -0.810. The van der Waals surface area contributed by atoms with Gasteiger partial charge in [0.2, 0.25) is 0 Å². The fourth-order valence-corrected chi connectivity index (χ4v) is 2.08. The second-order valence-electron chi connectivity index (χ2n) is 2.25. The lowest BCUT2D eigenvalue weighted by atomic mass is 10.3. The molecule has 0 aliphatic carbocycles. The van der Waals surface area contributed by atoms with Crippen molar-refractivity contribution in [2.45, 2.75) is 0 Å². The van der Waals surface area contributed by atoms with Crippen LogP contribution < -0.4 is 0 Å². The lowest BCUT2D eigenvalue weighted by molar-refractivity contribution is 0.518. The number of rotatable bonds is 0. The molecule has 1 aromatic heterocycles. The number of hydrogen-bond acceptors (Lipinski definition) is 2. The molecule has 0 saturated carbocycles. The van der Waals surface area contributed by atoms with E-state index in [2.05, 4.69) is 4.98 Å². The summed E-state index contributed by atoms with van der Waals surface area (Å²) in [6.07, 6.45) is 0. The van der Waals surface area contributed by atoms with Crippen LogP contribution in [0.1, 0.15) is 0 Å². The lowest BCUT2D eigenvalue weighted by Crippen LogP contribution is -1.81. The predicted octanol–water partition coefficient (Wildman–Crippen LogP) is 3.24. The van der Waals surface area contributed by atoms with E-state index in [0.29, 0.717) is 9.47 Å². The maximum Gasteiger partial charge on any atom is 0.178 e. The van der Waals surface area contributed by atoms with Gasteiger partial charge in [0.25, 0.3) is 0 Å². The topological polar surface area (TPSA) is 15.8 Å². The van der Waals surface area contributed by atoms with E-state index in [-0.39, 0.29) is 4.70 Å². The number of hydrogen-bond donors (Lipinski definition) is 1. The lowest BCUT2D eigenvalue weighted by Gasteiger charge is -1.91. The van der Waals surface area contributed by atoms with E-state index in [4.69, 9.17) is 12.2 Å². The molecule has 0 atom stereocenters. The predicted molar refractivity (Wildman–Crippen MR) is 46.9 cm³/mol. The molecule has 1 aromatic carbocycles. The molecule has 1 heterocycles. The zero-order chi connectivity index (χ0) is 8.72. The summed E-state index contributed by atoms with van der Waals surface area (Å²) in [6.45, 7) is 0. The average molecular weight is 203 g/mol. The maximum absolute atomic E-state index is 13.0. The molecule has 62 valence electrons. The Bertz CT molecular complexity index is 486. The SMILES string of the molecule is Fc1ccc2[nH]c(=S)sc2c1F. The van der Waals surface area contributed by atoms with E-state index >= 15 is 0 Å². The molecule has 0 spiro atoms. The largest absolute Gasteiger partial charge is 0.337 e. The third-order valence-electron chi connectivity index (χ3n) is 1.48. The van der Waals surface area contributed by atoms with Crippen LogP contribution in [-0.4, -0.2) is 4.98 Å². The molecule has 0 unspecified atom stereocenters. The van der Waals surface area contributed by atoms with Gasteiger partial charge in [-0.3, -0.25) is 0 Å². The van der Waals surface area contributed by atoms with Crippen LogP contribution in [0.2, 0.25) is 0 Å². The Balaban J connectivity index is 2.99. The van der Waals surface area contributed by atoms with Gasteiger partial charge in [-0.25, -0.2) is 8.78 Å². The van der Waals surface area contributed by atoms with Crippen LogP contribution in [-0.2, 0) is 0 Å². The van der Waals surface area contributed by atoms with E-state index in [9.17, 15) is 8.78 Å². The number of aromatic nitrogens is 1. The Morgan fingerprint density at radius 1 is 1.33 bits per heavy atom. The molecule has 1 N–H and O–H groups in total.